The van der Waals surface area contributed by atoms with Gasteiger partial charge in [-0.25, -0.2) is 5.01 Å². The van der Waals surface area contributed by atoms with Gasteiger partial charge in [-0.15, -0.1) is 0 Å². The Hall–Kier alpha value is -2.57. The van der Waals surface area contributed by atoms with Crippen LogP contribution < -0.4 is 9.47 Å². The molecule has 0 radical (unpaired) electrons. The van der Waals surface area contributed by atoms with Crippen molar-refractivity contribution >= 4 is 17.5 Å². The van der Waals surface area contributed by atoms with Gasteiger partial charge in [0.1, 0.15) is 17.2 Å². The number of rotatable bonds is 4. The number of methoxy groups -OCH3 is 2. The summed E-state index contributed by atoms with van der Waals surface area (Å²) in [5.74, 6) is 1.30. The van der Waals surface area contributed by atoms with Crippen LogP contribution in [0.25, 0.3) is 0 Å². The van der Waals surface area contributed by atoms with Crippen molar-refractivity contribution in [2.75, 3.05) is 27.8 Å². The van der Waals surface area contributed by atoms with E-state index in [1.807, 2.05) is 23.1 Å². The molecule has 134 valence electrons. The third kappa shape index (κ3) is 3.31. The maximum atomic E-state index is 13.0. The number of likely N-dealkylation sites (tertiary alicyclic amines) is 1. The fourth-order valence-corrected chi connectivity index (χ4v) is 3.42. The van der Waals surface area contributed by atoms with E-state index in [1.165, 1.54) is 5.01 Å². The summed E-state index contributed by atoms with van der Waals surface area (Å²) in [6, 6.07) is 5.55. The number of carbonyl (C=O) groups excluding carboxylic acids is 2. The first-order valence-electron chi connectivity index (χ1n) is 8.42. The number of hydrazone groups is 1. The van der Waals surface area contributed by atoms with E-state index in [0.717, 1.165) is 29.9 Å². The van der Waals surface area contributed by atoms with E-state index >= 15 is 0 Å². The normalized spacial score (nSPS) is 20.5. The lowest BCUT2D eigenvalue weighted by Gasteiger charge is -2.28. The molecular formula is C18H23N3O4. The second-order valence-electron chi connectivity index (χ2n) is 6.23. The van der Waals surface area contributed by atoms with Crippen LogP contribution in [0.2, 0.25) is 0 Å². The lowest BCUT2D eigenvalue weighted by Crippen LogP contribution is -2.40. The van der Waals surface area contributed by atoms with Gasteiger partial charge in [-0.05, 0) is 31.0 Å². The van der Waals surface area contributed by atoms with Crippen molar-refractivity contribution in [3.63, 3.8) is 0 Å². The molecule has 2 heterocycles. The molecule has 1 aromatic rings. The molecule has 1 atom stereocenters. The lowest BCUT2D eigenvalue weighted by atomic mass is 10.0. The summed E-state index contributed by atoms with van der Waals surface area (Å²) in [6.45, 7) is 0.667. The van der Waals surface area contributed by atoms with Crippen molar-refractivity contribution in [3.05, 3.63) is 23.8 Å². The predicted molar refractivity (Wildman–Crippen MR) is 92.7 cm³/mol. The van der Waals surface area contributed by atoms with Crippen LogP contribution in [0.1, 0.15) is 37.3 Å². The molecule has 0 bridgehead atoms. The number of amides is 2. The van der Waals surface area contributed by atoms with Gasteiger partial charge in [-0.1, -0.05) is 0 Å². The van der Waals surface area contributed by atoms with Gasteiger partial charge in [0.05, 0.1) is 20.3 Å². The highest BCUT2D eigenvalue weighted by Crippen LogP contribution is 2.39. The highest BCUT2D eigenvalue weighted by molar-refractivity contribution is 6.39. The Morgan fingerprint density at radius 3 is 2.72 bits per heavy atom. The molecule has 0 saturated carbocycles. The standard InChI is InChI=1S/C18H23N3O4/c1-20-17(22)9-7-14(19-20)18(23)21-10-4-5-15(21)13-11-12(24-2)6-8-16(13)25-3/h6,8,11,15H,4-5,7,9-10H2,1-3H3. The van der Waals surface area contributed by atoms with Crippen LogP contribution in [0.4, 0.5) is 0 Å². The average Bonchev–Trinajstić information content (AvgIpc) is 3.12. The van der Waals surface area contributed by atoms with Crippen LogP contribution in [0, 0.1) is 0 Å². The quantitative estimate of drug-likeness (QED) is 0.836. The SMILES string of the molecule is COc1ccc(OC)c(C2CCCN2C(=O)C2=NN(C)C(=O)CC2)c1. The smallest absolute Gasteiger partial charge is 0.270 e. The van der Waals surface area contributed by atoms with Gasteiger partial charge < -0.3 is 14.4 Å². The monoisotopic (exact) mass is 345 g/mol. The minimum Gasteiger partial charge on any atom is -0.497 e. The summed E-state index contributed by atoms with van der Waals surface area (Å²) in [6.07, 6.45) is 2.48. The Balaban J connectivity index is 1.89. The average molecular weight is 345 g/mol. The van der Waals surface area contributed by atoms with Gasteiger partial charge in [-0.3, -0.25) is 9.59 Å². The topological polar surface area (TPSA) is 71.4 Å². The number of hydrogen-bond donors (Lipinski definition) is 0. The Labute approximate surface area is 147 Å². The summed E-state index contributed by atoms with van der Waals surface area (Å²) in [7, 11) is 4.83. The van der Waals surface area contributed by atoms with E-state index < -0.39 is 0 Å². The maximum absolute atomic E-state index is 13.0. The molecule has 7 heteroatoms. The predicted octanol–water partition coefficient (Wildman–Crippen LogP) is 1.98. The molecule has 2 amide bonds. The van der Waals surface area contributed by atoms with Gasteiger partial charge in [0, 0.05) is 32.0 Å². The first-order chi connectivity index (χ1) is 12.0. The van der Waals surface area contributed by atoms with Gasteiger partial charge in [0.2, 0.25) is 5.91 Å². The first-order valence-corrected chi connectivity index (χ1v) is 8.42. The van der Waals surface area contributed by atoms with E-state index in [9.17, 15) is 9.59 Å². The van der Waals surface area contributed by atoms with E-state index in [-0.39, 0.29) is 17.9 Å². The number of ether oxygens (including phenoxy) is 2. The van der Waals surface area contributed by atoms with Crippen molar-refractivity contribution in [1.29, 1.82) is 0 Å². The summed E-state index contributed by atoms with van der Waals surface area (Å²) in [5, 5.41) is 5.42. The van der Waals surface area contributed by atoms with Crippen molar-refractivity contribution in [1.82, 2.24) is 9.91 Å². The molecule has 1 unspecified atom stereocenters. The first kappa shape index (κ1) is 17.3. The largest absolute Gasteiger partial charge is 0.497 e. The van der Waals surface area contributed by atoms with Gasteiger partial charge in [0.25, 0.3) is 5.91 Å². The molecule has 0 N–H and O–H groups in total. The molecule has 0 aliphatic carbocycles. The fourth-order valence-electron chi connectivity index (χ4n) is 3.42. The lowest BCUT2D eigenvalue weighted by molar-refractivity contribution is -0.130. The van der Waals surface area contributed by atoms with Crippen LogP contribution in [-0.4, -0.2) is 55.2 Å². The Morgan fingerprint density at radius 1 is 1.24 bits per heavy atom. The molecular weight excluding hydrogens is 322 g/mol. The van der Waals surface area contributed by atoms with E-state index in [1.54, 1.807) is 21.3 Å². The van der Waals surface area contributed by atoms with Crippen LogP contribution in [0.5, 0.6) is 11.5 Å². The molecule has 0 aromatic heterocycles. The summed E-state index contributed by atoms with van der Waals surface area (Å²) < 4.78 is 10.8. The molecule has 2 aliphatic rings. The molecule has 25 heavy (non-hydrogen) atoms. The van der Waals surface area contributed by atoms with E-state index in [4.69, 9.17) is 9.47 Å². The molecule has 7 nitrogen and oxygen atoms in total. The van der Waals surface area contributed by atoms with Crippen molar-refractivity contribution < 1.29 is 19.1 Å². The van der Waals surface area contributed by atoms with Crippen LogP contribution in [0.15, 0.2) is 23.3 Å². The van der Waals surface area contributed by atoms with Crippen LogP contribution >= 0.6 is 0 Å². The highest BCUT2D eigenvalue weighted by Gasteiger charge is 2.35. The molecule has 1 fully saturated rings. The second kappa shape index (κ2) is 7.13. The Bertz CT molecular complexity index is 716. The Kier molecular flexibility index (Phi) is 4.92. The number of carbonyl (C=O) groups is 2. The Morgan fingerprint density at radius 2 is 2.04 bits per heavy atom. The van der Waals surface area contributed by atoms with Gasteiger partial charge in [-0.2, -0.15) is 5.10 Å². The summed E-state index contributed by atoms with van der Waals surface area (Å²) in [4.78, 5) is 26.4. The molecule has 3 rings (SSSR count). The van der Waals surface area contributed by atoms with Crippen LogP contribution in [-0.2, 0) is 9.59 Å². The third-order valence-electron chi connectivity index (χ3n) is 4.76. The van der Waals surface area contributed by atoms with Crippen LogP contribution in [0.3, 0.4) is 0 Å². The van der Waals surface area contributed by atoms with Crippen molar-refractivity contribution in [2.45, 2.75) is 31.7 Å². The van der Waals surface area contributed by atoms with Gasteiger partial charge >= 0.3 is 0 Å². The maximum Gasteiger partial charge on any atom is 0.270 e. The zero-order valence-corrected chi connectivity index (χ0v) is 14.8. The highest BCUT2D eigenvalue weighted by atomic mass is 16.5. The zero-order valence-electron chi connectivity index (χ0n) is 14.8. The van der Waals surface area contributed by atoms with Crippen molar-refractivity contribution in [3.8, 4) is 11.5 Å². The minimum atomic E-state index is -0.105. The number of benzene rings is 1. The fraction of sp³-hybridized carbons (Fsp3) is 0.500. The zero-order chi connectivity index (χ0) is 18.0. The third-order valence-corrected chi connectivity index (χ3v) is 4.76. The summed E-state index contributed by atoms with van der Waals surface area (Å²) >= 11 is 0. The van der Waals surface area contributed by atoms with Gasteiger partial charge in [0.15, 0.2) is 0 Å². The van der Waals surface area contributed by atoms with E-state index in [0.29, 0.717) is 25.1 Å². The van der Waals surface area contributed by atoms with Crippen molar-refractivity contribution in [2.24, 2.45) is 5.10 Å². The molecule has 1 aromatic carbocycles. The molecule has 0 spiro atoms. The van der Waals surface area contributed by atoms with E-state index in [2.05, 4.69) is 5.10 Å². The number of nitrogens with zero attached hydrogens (tertiary/aromatic N) is 3. The molecule has 2 aliphatic heterocycles. The second-order valence-corrected chi connectivity index (χ2v) is 6.23. The number of hydrogen-bond acceptors (Lipinski definition) is 5. The molecule has 1 saturated heterocycles. The summed E-state index contributed by atoms with van der Waals surface area (Å²) in [5.41, 5.74) is 1.38. The minimum absolute atomic E-state index is 0.0658.